The van der Waals surface area contributed by atoms with Gasteiger partial charge in [0.2, 0.25) is 0 Å². The molecule has 3 unspecified atom stereocenters. The van der Waals surface area contributed by atoms with E-state index >= 15 is 0 Å². The lowest BCUT2D eigenvalue weighted by molar-refractivity contribution is 0.00342. The van der Waals surface area contributed by atoms with Crippen LogP contribution < -0.4 is 5.73 Å². The van der Waals surface area contributed by atoms with Crippen molar-refractivity contribution in [2.45, 2.75) is 39.4 Å². The molecule has 0 heterocycles. The molecule has 0 spiro atoms. The number of ether oxygens (including phenoxy) is 1. The Morgan fingerprint density at radius 2 is 2.00 bits per heavy atom. The van der Waals surface area contributed by atoms with E-state index in [9.17, 15) is 5.11 Å². The first-order chi connectivity index (χ1) is 5.46. The quantitative estimate of drug-likeness (QED) is 0.648. The second-order valence-electron chi connectivity index (χ2n) is 3.78. The van der Waals surface area contributed by atoms with E-state index in [1.54, 1.807) is 14.0 Å². The summed E-state index contributed by atoms with van der Waals surface area (Å²) in [6.45, 7) is 6.22. The fraction of sp³-hybridized carbons (Fsp3) is 1.00. The molecule has 0 saturated heterocycles. The Labute approximate surface area is 74.9 Å². The van der Waals surface area contributed by atoms with Gasteiger partial charge in [0.1, 0.15) is 0 Å². The zero-order chi connectivity index (χ0) is 9.78. The lowest BCUT2D eigenvalue weighted by atomic mass is 9.80. The van der Waals surface area contributed by atoms with Crippen molar-refractivity contribution in [3.8, 4) is 0 Å². The zero-order valence-corrected chi connectivity index (χ0v) is 8.50. The average molecular weight is 175 g/mol. The molecule has 3 N–H and O–H groups in total. The molecule has 0 rings (SSSR count). The van der Waals surface area contributed by atoms with Crippen LogP contribution in [0, 0.1) is 5.41 Å². The van der Waals surface area contributed by atoms with Gasteiger partial charge < -0.3 is 15.6 Å². The van der Waals surface area contributed by atoms with Crippen LogP contribution in [0.25, 0.3) is 0 Å². The molecule has 0 bridgehead atoms. The van der Waals surface area contributed by atoms with Gasteiger partial charge in [0.25, 0.3) is 0 Å². The Kier molecular flexibility index (Phi) is 4.75. The topological polar surface area (TPSA) is 55.5 Å². The molecule has 0 aliphatic carbocycles. The summed E-state index contributed by atoms with van der Waals surface area (Å²) in [4.78, 5) is 0. The molecule has 3 heteroatoms. The van der Waals surface area contributed by atoms with Crippen LogP contribution in [0.3, 0.4) is 0 Å². The van der Waals surface area contributed by atoms with E-state index in [1.807, 2.05) is 13.8 Å². The molecule has 0 fully saturated rings. The third-order valence-corrected chi connectivity index (χ3v) is 2.63. The highest BCUT2D eigenvalue weighted by Gasteiger charge is 2.30. The maximum Gasteiger partial charge on any atom is 0.0578 e. The molecule has 0 saturated carbocycles. The number of hydrogen-bond acceptors (Lipinski definition) is 3. The van der Waals surface area contributed by atoms with Crippen LogP contribution in [0.1, 0.15) is 27.2 Å². The van der Waals surface area contributed by atoms with Crippen LogP contribution in [-0.4, -0.2) is 31.0 Å². The number of aliphatic hydroxyl groups excluding tert-OH is 1. The smallest absolute Gasteiger partial charge is 0.0578 e. The normalized spacial score (nSPS) is 21.5. The minimum atomic E-state index is -0.389. The highest BCUT2D eigenvalue weighted by molar-refractivity contribution is 4.82. The second-order valence-corrected chi connectivity index (χ2v) is 3.78. The van der Waals surface area contributed by atoms with Crippen LogP contribution >= 0.6 is 0 Å². The summed E-state index contributed by atoms with van der Waals surface area (Å²) in [5.74, 6) is 0. The van der Waals surface area contributed by atoms with Crippen molar-refractivity contribution >= 4 is 0 Å². The third kappa shape index (κ3) is 3.09. The summed E-state index contributed by atoms with van der Waals surface area (Å²) < 4.78 is 5.13. The van der Waals surface area contributed by atoms with Gasteiger partial charge in [0, 0.05) is 19.1 Å². The van der Waals surface area contributed by atoms with E-state index in [0.717, 1.165) is 6.42 Å². The molecule has 3 nitrogen and oxygen atoms in total. The van der Waals surface area contributed by atoms with Crippen molar-refractivity contribution < 1.29 is 9.84 Å². The zero-order valence-electron chi connectivity index (χ0n) is 8.50. The Morgan fingerprint density at radius 3 is 2.25 bits per heavy atom. The highest BCUT2D eigenvalue weighted by atomic mass is 16.5. The molecule has 12 heavy (non-hydrogen) atoms. The molecular weight excluding hydrogens is 154 g/mol. The Bertz CT molecular complexity index is 128. The van der Waals surface area contributed by atoms with Crippen molar-refractivity contribution in [1.82, 2.24) is 0 Å². The maximum atomic E-state index is 9.48. The van der Waals surface area contributed by atoms with Gasteiger partial charge in [0.05, 0.1) is 12.2 Å². The van der Waals surface area contributed by atoms with E-state index in [4.69, 9.17) is 10.5 Å². The Morgan fingerprint density at radius 1 is 1.50 bits per heavy atom. The maximum absolute atomic E-state index is 9.48. The summed E-state index contributed by atoms with van der Waals surface area (Å²) in [5.41, 5.74) is 5.37. The van der Waals surface area contributed by atoms with Gasteiger partial charge in [-0.25, -0.2) is 0 Å². The number of methoxy groups -OCH3 is 1. The molecular formula is C9H21NO2. The van der Waals surface area contributed by atoms with E-state index in [-0.39, 0.29) is 17.6 Å². The molecule has 3 atom stereocenters. The second kappa shape index (κ2) is 4.80. The standard InChI is InChI=1S/C9H21NO2/c1-7(12-4)5-9(3,6-10)8(2)11/h7-8,11H,5-6,10H2,1-4H3. The van der Waals surface area contributed by atoms with Crippen molar-refractivity contribution in [2.24, 2.45) is 11.1 Å². The molecule has 0 aromatic rings. The third-order valence-electron chi connectivity index (χ3n) is 2.63. The lowest BCUT2D eigenvalue weighted by Gasteiger charge is -2.33. The Balaban J connectivity index is 4.14. The first kappa shape index (κ1) is 11.9. The molecule has 0 aromatic carbocycles. The van der Waals surface area contributed by atoms with Gasteiger partial charge in [-0.15, -0.1) is 0 Å². The minimum absolute atomic E-state index is 0.146. The SMILES string of the molecule is COC(C)CC(C)(CN)C(C)O. The van der Waals surface area contributed by atoms with Gasteiger partial charge in [-0.05, 0) is 20.3 Å². The van der Waals surface area contributed by atoms with E-state index in [2.05, 4.69) is 0 Å². The van der Waals surface area contributed by atoms with Crippen molar-refractivity contribution in [3.05, 3.63) is 0 Å². The average Bonchev–Trinajstić information content (AvgIpc) is 2.03. The van der Waals surface area contributed by atoms with Crippen molar-refractivity contribution in [2.75, 3.05) is 13.7 Å². The van der Waals surface area contributed by atoms with Gasteiger partial charge in [-0.1, -0.05) is 6.92 Å². The summed E-state index contributed by atoms with van der Waals surface area (Å²) in [6.07, 6.45) is 0.547. The number of rotatable bonds is 5. The number of nitrogens with two attached hydrogens (primary N) is 1. The molecule has 0 aromatic heterocycles. The van der Waals surface area contributed by atoms with Gasteiger partial charge in [0.15, 0.2) is 0 Å². The van der Waals surface area contributed by atoms with E-state index in [1.165, 1.54) is 0 Å². The molecule has 0 aliphatic heterocycles. The summed E-state index contributed by atoms with van der Waals surface area (Å²) >= 11 is 0. The molecule has 0 aliphatic rings. The summed E-state index contributed by atoms with van der Waals surface area (Å²) in [7, 11) is 1.67. The van der Waals surface area contributed by atoms with Gasteiger partial charge in [-0.3, -0.25) is 0 Å². The van der Waals surface area contributed by atoms with Crippen LogP contribution in [0.2, 0.25) is 0 Å². The van der Waals surface area contributed by atoms with E-state index < -0.39 is 0 Å². The summed E-state index contributed by atoms with van der Waals surface area (Å²) in [5, 5.41) is 9.48. The molecule has 74 valence electrons. The van der Waals surface area contributed by atoms with Gasteiger partial charge in [-0.2, -0.15) is 0 Å². The van der Waals surface area contributed by atoms with Crippen LogP contribution in [0.5, 0.6) is 0 Å². The first-order valence-corrected chi connectivity index (χ1v) is 4.37. The summed E-state index contributed by atoms with van der Waals surface area (Å²) in [6, 6.07) is 0. The fourth-order valence-corrected chi connectivity index (χ4v) is 1.16. The highest BCUT2D eigenvalue weighted by Crippen LogP contribution is 2.26. The minimum Gasteiger partial charge on any atom is -0.393 e. The fourth-order valence-electron chi connectivity index (χ4n) is 1.16. The largest absolute Gasteiger partial charge is 0.393 e. The van der Waals surface area contributed by atoms with Gasteiger partial charge >= 0.3 is 0 Å². The molecule has 0 radical (unpaired) electrons. The van der Waals surface area contributed by atoms with Crippen LogP contribution in [0.4, 0.5) is 0 Å². The monoisotopic (exact) mass is 175 g/mol. The van der Waals surface area contributed by atoms with Crippen molar-refractivity contribution in [3.63, 3.8) is 0 Å². The lowest BCUT2D eigenvalue weighted by Crippen LogP contribution is -2.40. The molecule has 0 amide bonds. The first-order valence-electron chi connectivity index (χ1n) is 4.37. The predicted molar refractivity (Wildman–Crippen MR) is 49.9 cm³/mol. The van der Waals surface area contributed by atoms with Crippen LogP contribution in [-0.2, 0) is 4.74 Å². The Hall–Kier alpha value is -0.120. The van der Waals surface area contributed by atoms with Crippen LogP contribution in [0.15, 0.2) is 0 Å². The predicted octanol–water partition coefficient (Wildman–Crippen LogP) is 0.757. The number of hydrogen-bond donors (Lipinski definition) is 2. The van der Waals surface area contributed by atoms with E-state index in [0.29, 0.717) is 6.54 Å². The number of aliphatic hydroxyl groups is 1. The van der Waals surface area contributed by atoms with Crippen molar-refractivity contribution in [1.29, 1.82) is 0 Å².